The zero-order valence-electron chi connectivity index (χ0n) is 13.4. The van der Waals surface area contributed by atoms with Gasteiger partial charge in [-0.3, -0.25) is 4.79 Å². The average molecular weight is 277 g/mol. The molecule has 0 saturated carbocycles. The first kappa shape index (κ1) is 16.7. The first-order valence-corrected chi connectivity index (χ1v) is 7.28. The van der Waals surface area contributed by atoms with Crippen molar-refractivity contribution in [2.24, 2.45) is 5.73 Å². The summed E-state index contributed by atoms with van der Waals surface area (Å²) in [5.74, 6) is -0.141. The lowest BCUT2D eigenvalue weighted by Crippen LogP contribution is -2.15. The molecule has 1 aromatic carbocycles. The molecule has 0 aliphatic rings. The topological polar surface area (TPSA) is 52.3 Å². The maximum Gasteiger partial charge on any atom is 0.305 e. The second-order valence-corrected chi connectivity index (χ2v) is 5.60. The smallest absolute Gasteiger partial charge is 0.305 e. The van der Waals surface area contributed by atoms with Gasteiger partial charge in [0.25, 0.3) is 0 Å². The van der Waals surface area contributed by atoms with Gasteiger partial charge in [-0.25, -0.2) is 0 Å². The number of aryl methyl sites for hydroxylation is 2. The molecule has 3 heteroatoms. The molecule has 0 spiro atoms. The third-order valence-electron chi connectivity index (χ3n) is 4.17. The van der Waals surface area contributed by atoms with Gasteiger partial charge >= 0.3 is 5.97 Å². The third kappa shape index (κ3) is 4.07. The number of ether oxygens (including phenoxy) is 1. The maximum absolute atomic E-state index is 11.1. The van der Waals surface area contributed by atoms with Crippen molar-refractivity contribution in [3.63, 3.8) is 0 Å². The number of carbonyl (C=O) groups excluding carboxylic acids is 1. The Bertz CT molecular complexity index is 454. The second-order valence-electron chi connectivity index (χ2n) is 5.60. The van der Waals surface area contributed by atoms with E-state index >= 15 is 0 Å². The minimum atomic E-state index is -0.141. The average Bonchev–Trinajstić information content (AvgIpc) is 2.41. The van der Waals surface area contributed by atoms with Crippen molar-refractivity contribution in [2.45, 2.75) is 59.4 Å². The Morgan fingerprint density at radius 1 is 1.15 bits per heavy atom. The van der Waals surface area contributed by atoms with Crippen LogP contribution in [0.2, 0.25) is 0 Å². The van der Waals surface area contributed by atoms with Crippen LogP contribution in [0.4, 0.5) is 0 Å². The minimum Gasteiger partial charge on any atom is -0.469 e. The summed E-state index contributed by atoms with van der Waals surface area (Å²) >= 11 is 0. The van der Waals surface area contributed by atoms with Gasteiger partial charge < -0.3 is 10.5 Å². The van der Waals surface area contributed by atoms with Crippen LogP contribution in [0, 0.1) is 27.7 Å². The van der Waals surface area contributed by atoms with Gasteiger partial charge in [-0.15, -0.1) is 0 Å². The van der Waals surface area contributed by atoms with Crippen molar-refractivity contribution in [1.82, 2.24) is 0 Å². The zero-order chi connectivity index (χ0) is 15.3. The minimum absolute atomic E-state index is 0.0475. The Kier molecular flexibility index (Phi) is 6.21. The van der Waals surface area contributed by atoms with Crippen LogP contribution in [0.1, 0.15) is 59.5 Å². The summed E-state index contributed by atoms with van der Waals surface area (Å²) in [7, 11) is 1.43. The van der Waals surface area contributed by atoms with E-state index in [9.17, 15) is 4.79 Å². The molecule has 3 nitrogen and oxygen atoms in total. The Morgan fingerprint density at radius 3 is 2.20 bits per heavy atom. The molecule has 112 valence electrons. The van der Waals surface area contributed by atoms with Gasteiger partial charge in [0.2, 0.25) is 0 Å². The predicted molar refractivity (Wildman–Crippen MR) is 82.8 cm³/mol. The van der Waals surface area contributed by atoms with E-state index in [4.69, 9.17) is 5.73 Å². The molecule has 0 fully saturated rings. The Labute approximate surface area is 122 Å². The molecule has 1 unspecified atom stereocenters. The van der Waals surface area contributed by atoms with Crippen LogP contribution in [-0.2, 0) is 9.53 Å². The van der Waals surface area contributed by atoms with Gasteiger partial charge in [-0.05, 0) is 68.4 Å². The van der Waals surface area contributed by atoms with Crippen LogP contribution in [-0.4, -0.2) is 13.1 Å². The molecule has 0 bridgehead atoms. The van der Waals surface area contributed by atoms with E-state index in [1.54, 1.807) is 0 Å². The number of hydrogen-bond donors (Lipinski definition) is 1. The quantitative estimate of drug-likeness (QED) is 0.638. The summed E-state index contributed by atoms with van der Waals surface area (Å²) < 4.78 is 4.64. The molecule has 1 aromatic rings. The number of rotatable bonds is 6. The van der Waals surface area contributed by atoms with Gasteiger partial charge in [-0.2, -0.15) is 0 Å². The fraction of sp³-hybridized carbons (Fsp3) is 0.588. The van der Waals surface area contributed by atoms with Crippen molar-refractivity contribution < 1.29 is 9.53 Å². The third-order valence-corrected chi connectivity index (χ3v) is 4.17. The van der Waals surface area contributed by atoms with Crippen molar-refractivity contribution in [3.8, 4) is 0 Å². The molecule has 0 saturated heterocycles. The van der Waals surface area contributed by atoms with Gasteiger partial charge in [-0.1, -0.05) is 12.5 Å². The van der Waals surface area contributed by atoms with Crippen LogP contribution in [0.3, 0.4) is 0 Å². The largest absolute Gasteiger partial charge is 0.469 e. The van der Waals surface area contributed by atoms with E-state index in [1.807, 2.05) is 0 Å². The van der Waals surface area contributed by atoms with Gasteiger partial charge in [0.1, 0.15) is 0 Å². The van der Waals surface area contributed by atoms with Crippen molar-refractivity contribution >= 4 is 5.97 Å². The molecule has 0 aliphatic heterocycles. The van der Waals surface area contributed by atoms with Crippen molar-refractivity contribution in [2.75, 3.05) is 7.11 Å². The summed E-state index contributed by atoms with van der Waals surface area (Å²) in [6.45, 7) is 8.56. The number of carbonyl (C=O) groups is 1. The highest BCUT2D eigenvalue weighted by atomic mass is 16.5. The van der Waals surface area contributed by atoms with Gasteiger partial charge in [0.05, 0.1) is 7.11 Å². The molecule has 1 atom stereocenters. The number of nitrogens with two attached hydrogens (primary N) is 1. The van der Waals surface area contributed by atoms with Crippen LogP contribution in [0.25, 0.3) is 0 Å². The predicted octanol–water partition coefficient (Wildman–Crippen LogP) is 3.65. The molecule has 0 aromatic heterocycles. The SMILES string of the molecule is COC(=O)CCCCC(N)c1c(C)c(C)cc(C)c1C. The summed E-state index contributed by atoms with van der Waals surface area (Å²) in [6, 6.07) is 2.27. The highest BCUT2D eigenvalue weighted by molar-refractivity contribution is 5.68. The van der Waals surface area contributed by atoms with Crippen LogP contribution in [0.5, 0.6) is 0 Å². The molecule has 20 heavy (non-hydrogen) atoms. The van der Waals surface area contributed by atoms with E-state index < -0.39 is 0 Å². The lowest BCUT2D eigenvalue weighted by molar-refractivity contribution is -0.140. The molecule has 0 amide bonds. The molecular formula is C17H27NO2. The Hall–Kier alpha value is -1.35. The van der Waals surface area contributed by atoms with E-state index in [-0.39, 0.29) is 12.0 Å². The van der Waals surface area contributed by atoms with Crippen LogP contribution < -0.4 is 5.73 Å². The number of methoxy groups -OCH3 is 1. The number of esters is 1. The zero-order valence-corrected chi connectivity index (χ0v) is 13.4. The highest BCUT2D eigenvalue weighted by Crippen LogP contribution is 2.28. The normalized spacial score (nSPS) is 12.3. The van der Waals surface area contributed by atoms with Crippen LogP contribution in [0.15, 0.2) is 6.07 Å². The fourth-order valence-electron chi connectivity index (χ4n) is 2.68. The second kappa shape index (κ2) is 7.44. The lowest BCUT2D eigenvalue weighted by atomic mass is 9.88. The molecule has 1 rings (SSSR count). The van der Waals surface area contributed by atoms with E-state index in [1.165, 1.54) is 34.9 Å². The van der Waals surface area contributed by atoms with Crippen molar-refractivity contribution in [3.05, 3.63) is 33.9 Å². The maximum atomic E-state index is 11.1. The molecule has 0 aliphatic carbocycles. The van der Waals surface area contributed by atoms with Gasteiger partial charge in [0.15, 0.2) is 0 Å². The number of hydrogen-bond acceptors (Lipinski definition) is 3. The van der Waals surface area contributed by atoms with E-state index in [0.717, 1.165) is 19.3 Å². The highest BCUT2D eigenvalue weighted by Gasteiger charge is 2.15. The summed E-state index contributed by atoms with van der Waals surface area (Å²) in [5, 5.41) is 0. The first-order valence-electron chi connectivity index (χ1n) is 7.28. The summed E-state index contributed by atoms with van der Waals surface area (Å²) in [5.41, 5.74) is 12.8. The fourth-order valence-corrected chi connectivity index (χ4v) is 2.68. The standard InChI is InChI=1S/C17H27NO2/c1-11-10-12(2)14(4)17(13(11)3)15(18)8-6-7-9-16(19)20-5/h10,15H,6-9,18H2,1-5H3. The molecule has 2 N–H and O–H groups in total. The first-order chi connectivity index (χ1) is 9.38. The molecule has 0 radical (unpaired) electrons. The van der Waals surface area contributed by atoms with Crippen molar-refractivity contribution in [1.29, 1.82) is 0 Å². The Balaban J connectivity index is 2.68. The van der Waals surface area contributed by atoms with Gasteiger partial charge in [0, 0.05) is 12.5 Å². The molecular weight excluding hydrogens is 250 g/mol. The van der Waals surface area contributed by atoms with E-state index in [0.29, 0.717) is 6.42 Å². The summed E-state index contributed by atoms with van der Waals surface area (Å²) in [4.78, 5) is 11.1. The molecule has 0 heterocycles. The number of benzene rings is 1. The van der Waals surface area contributed by atoms with Crippen LogP contribution >= 0.6 is 0 Å². The Morgan fingerprint density at radius 2 is 1.70 bits per heavy atom. The van der Waals surface area contributed by atoms with E-state index in [2.05, 4.69) is 38.5 Å². The monoisotopic (exact) mass is 277 g/mol. The number of unbranched alkanes of at least 4 members (excludes halogenated alkanes) is 1. The summed E-state index contributed by atoms with van der Waals surface area (Å²) in [6.07, 6.45) is 3.17. The lowest BCUT2D eigenvalue weighted by Gasteiger charge is -2.21.